The maximum absolute atomic E-state index is 14.0. The van der Waals surface area contributed by atoms with Crippen LogP contribution in [0.15, 0.2) is 67.1 Å². The average molecular weight is 571 g/mol. The lowest BCUT2D eigenvalue weighted by Crippen LogP contribution is -2.41. The van der Waals surface area contributed by atoms with Crippen LogP contribution in [0.5, 0.6) is 5.88 Å². The van der Waals surface area contributed by atoms with Gasteiger partial charge in [-0.3, -0.25) is 9.58 Å². The molecule has 1 fully saturated rings. The van der Waals surface area contributed by atoms with Gasteiger partial charge in [0, 0.05) is 68.6 Å². The summed E-state index contributed by atoms with van der Waals surface area (Å²) in [4.78, 5) is 23.9. The Bertz CT molecular complexity index is 1720. The van der Waals surface area contributed by atoms with E-state index >= 15 is 0 Å². The number of aromatic nitrogens is 6. The zero-order valence-electron chi connectivity index (χ0n) is 23.6. The number of carbonyl (C=O) groups is 1. The number of carbonyl (C=O) groups excluding carboxylic acids is 1. The van der Waals surface area contributed by atoms with E-state index in [2.05, 4.69) is 25.3 Å². The molecule has 0 radical (unpaired) electrons. The summed E-state index contributed by atoms with van der Waals surface area (Å²) in [6.45, 7) is 4.29. The number of ether oxygens (including phenoxy) is 2. The number of nitrogens with one attached hydrogen (secondary N) is 1. The Morgan fingerprint density at radius 3 is 2.74 bits per heavy atom. The molecule has 2 atom stereocenters. The molecule has 216 valence electrons. The number of hydrogen-bond acceptors (Lipinski definition) is 8. The molecule has 1 N–H and O–H groups in total. The SMILES string of the molecule is COCCN1C[C@@H](NC(=O)Oc2c(C)c(-c3cnc4c(cnn4C)c3)nn2-c2ccccc2)[C@H](c2ccnc(F)c2)C1. The minimum atomic E-state index is -0.624. The number of amides is 1. The molecule has 6 rings (SSSR count). The topological polar surface area (TPSA) is 112 Å². The fraction of sp³-hybridized carbons (Fsp3) is 0.300. The van der Waals surface area contributed by atoms with E-state index < -0.39 is 12.0 Å². The van der Waals surface area contributed by atoms with Crippen molar-refractivity contribution < 1.29 is 18.7 Å². The second kappa shape index (κ2) is 11.7. The molecular formula is C30H31FN8O3. The smallest absolute Gasteiger partial charge is 0.391 e. The summed E-state index contributed by atoms with van der Waals surface area (Å²) >= 11 is 0. The molecule has 1 aromatic carbocycles. The number of pyridine rings is 2. The number of likely N-dealkylation sites (tertiary alicyclic amines) is 1. The van der Waals surface area contributed by atoms with Gasteiger partial charge >= 0.3 is 6.09 Å². The average Bonchev–Trinajstić information content (AvgIpc) is 3.67. The van der Waals surface area contributed by atoms with Crippen LogP contribution in [0.2, 0.25) is 0 Å². The first-order valence-corrected chi connectivity index (χ1v) is 13.7. The van der Waals surface area contributed by atoms with Gasteiger partial charge in [0.25, 0.3) is 0 Å². The lowest BCUT2D eigenvalue weighted by atomic mass is 9.95. The van der Waals surface area contributed by atoms with Gasteiger partial charge in [0.1, 0.15) is 5.69 Å². The van der Waals surface area contributed by atoms with E-state index in [1.54, 1.807) is 34.9 Å². The Labute approximate surface area is 241 Å². The number of rotatable bonds is 8. The molecule has 5 aromatic rings. The molecule has 12 heteroatoms. The highest BCUT2D eigenvalue weighted by atomic mass is 19.1. The first-order valence-electron chi connectivity index (χ1n) is 13.7. The van der Waals surface area contributed by atoms with E-state index in [0.29, 0.717) is 43.4 Å². The minimum Gasteiger partial charge on any atom is -0.391 e. The molecule has 1 aliphatic heterocycles. The lowest BCUT2D eigenvalue weighted by Gasteiger charge is -2.20. The van der Waals surface area contributed by atoms with Crippen molar-refractivity contribution in [2.24, 2.45) is 7.05 Å². The summed E-state index contributed by atoms with van der Waals surface area (Å²) in [5.74, 6) is -0.418. The molecule has 1 amide bonds. The molecule has 11 nitrogen and oxygen atoms in total. The lowest BCUT2D eigenvalue weighted by molar-refractivity contribution is 0.158. The monoisotopic (exact) mass is 570 g/mol. The third-order valence-corrected chi connectivity index (χ3v) is 7.59. The second-order valence-corrected chi connectivity index (χ2v) is 10.3. The third kappa shape index (κ3) is 5.46. The molecule has 1 aliphatic rings. The second-order valence-electron chi connectivity index (χ2n) is 10.3. The number of fused-ring (bicyclic) bond motifs is 1. The number of para-hydroxylation sites is 1. The van der Waals surface area contributed by atoms with Crippen molar-refractivity contribution in [3.63, 3.8) is 0 Å². The summed E-state index contributed by atoms with van der Waals surface area (Å²) in [5.41, 5.74) is 4.35. The first-order chi connectivity index (χ1) is 20.4. The number of halogens is 1. The van der Waals surface area contributed by atoms with Crippen molar-refractivity contribution in [3.05, 3.63) is 84.2 Å². The molecule has 0 aliphatic carbocycles. The normalized spacial score (nSPS) is 17.1. The van der Waals surface area contributed by atoms with Gasteiger partial charge in [-0.2, -0.15) is 19.3 Å². The van der Waals surface area contributed by atoms with Crippen LogP contribution in [0.25, 0.3) is 28.0 Å². The van der Waals surface area contributed by atoms with Gasteiger partial charge in [0.05, 0.1) is 24.5 Å². The first kappa shape index (κ1) is 27.5. The summed E-state index contributed by atoms with van der Waals surface area (Å²) in [6.07, 6.45) is 4.31. The van der Waals surface area contributed by atoms with Crippen molar-refractivity contribution in [1.82, 2.24) is 39.7 Å². The summed E-state index contributed by atoms with van der Waals surface area (Å²) in [6, 6.07) is 14.3. The molecule has 42 heavy (non-hydrogen) atoms. The van der Waals surface area contributed by atoms with Gasteiger partial charge in [-0.15, -0.1) is 0 Å². The van der Waals surface area contributed by atoms with Gasteiger partial charge < -0.3 is 14.8 Å². The van der Waals surface area contributed by atoms with E-state index in [0.717, 1.165) is 27.8 Å². The Morgan fingerprint density at radius 2 is 1.95 bits per heavy atom. The molecule has 4 aromatic heterocycles. The van der Waals surface area contributed by atoms with Crippen LogP contribution in [0.3, 0.4) is 0 Å². The molecule has 0 unspecified atom stereocenters. The number of methoxy groups -OCH3 is 1. The van der Waals surface area contributed by atoms with E-state index in [9.17, 15) is 9.18 Å². The Kier molecular flexibility index (Phi) is 7.64. The van der Waals surface area contributed by atoms with Gasteiger partial charge in [0.2, 0.25) is 11.8 Å². The number of aryl methyl sites for hydroxylation is 1. The van der Waals surface area contributed by atoms with Crippen molar-refractivity contribution in [2.75, 3.05) is 33.4 Å². The quantitative estimate of drug-likeness (QED) is 0.280. The van der Waals surface area contributed by atoms with E-state index in [1.165, 1.54) is 12.3 Å². The zero-order valence-corrected chi connectivity index (χ0v) is 23.6. The summed E-state index contributed by atoms with van der Waals surface area (Å²) < 4.78 is 28.6. The fourth-order valence-electron chi connectivity index (χ4n) is 5.48. The van der Waals surface area contributed by atoms with Gasteiger partial charge in [-0.1, -0.05) is 18.2 Å². The van der Waals surface area contributed by atoms with Crippen LogP contribution in [-0.2, 0) is 11.8 Å². The molecular weight excluding hydrogens is 539 g/mol. The van der Waals surface area contributed by atoms with Gasteiger partial charge in [-0.05, 0) is 42.8 Å². The number of benzene rings is 1. The van der Waals surface area contributed by atoms with E-state index in [1.807, 2.05) is 50.4 Å². The Hall–Kier alpha value is -4.68. The predicted octanol–water partition coefficient (Wildman–Crippen LogP) is 3.87. The van der Waals surface area contributed by atoms with Crippen LogP contribution in [-0.4, -0.2) is 79.9 Å². The maximum atomic E-state index is 14.0. The minimum absolute atomic E-state index is 0.153. The van der Waals surface area contributed by atoms with E-state index in [4.69, 9.17) is 14.6 Å². The summed E-state index contributed by atoms with van der Waals surface area (Å²) in [7, 11) is 3.49. The van der Waals surface area contributed by atoms with Gasteiger partial charge in [-0.25, -0.2) is 14.8 Å². The highest BCUT2D eigenvalue weighted by molar-refractivity contribution is 5.81. The van der Waals surface area contributed by atoms with Crippen molar-refractivity contribution in [2.45, 2.75) is 18.9 Å². The highest BCUT2D eigenvalue weighted by Gasteiger charge is 2.36. The number of nitrogens with zero attached hydrogens (tertiary/aromatic N) is 7. The predicted molar refractivity (Wildman–Crippen MR) is 154 cm³/mol. The maximum Gasteiger partial charge on any atom is 0.414 e. The standard InChI is InChI=1S/C30H31FN8O3/c1-19-27(21-13-22-16-34-37(2)28(22)33-15-21)36-39(23-7-5-4-6-8-23)29(19)42-30(40)35-25-18-38(11-12-41-3)17-24(25)20-9-10-32-26(31)14-20/h4-10,13-16,24-25H,11-12,17-18H2,1-3H3,(H,35,40)/t24-,25+/m0/s1. The van der Waals surface area contributed by atoms with Crippen LogP contribution < -0.4 is 10.1 Å². The van der Waals surface area contributed by atoms with Crippen LogP contribution in [0.4, 0.5) is 9.18 Å². The molecule has 0 spiro atoms. The molecule has 0 bridgehead atoms. The van der Waals surface area contributed by atoms with Gasteiger partial charge in [0.15, 0.2) is 5.65 Å². The van der Waals surface area contributed by atoms with Crippen LogP contribution >= 0.6 is 0 Å². The number of hydrogen-bond donors (Lipinski definition) is 1. The third-order valence-electron chi connectivity index (χ3n) is 7.59. The summed E-state index contributed by atoms with van der Waals surface area (Å²) in [5, 5.41) is 13.0. The van der Waals surface area contributed by atoms with Crippen LogP contribution in [0.1, 0.15) is 17.0 Å². The molecule has 0 saturated carbocycles. The van der Waals surface area contributed by atoms with Crippen LogP contribution in [0, 0.1) is 12.9 Å². The van der Waals surface area contributed by atoms with E-state index in [-0.39, 0.29) is 12.0 Å². The highest BCUT2D eigenvalue weighted by Crippen LogP contribution is 2.33. The Balaban J connectivity index is 1.30. The Morgan fingerprint density at radius 1 is 1.12 bits per heavy atom. The molecule has 1 saturated heterocycles. The van der Waals surface area contributed by atoms with Crippen molar-refractivity contribution in [1.29, 1.82) is 0 Å². The van der Waals surface area contributed by atoms with Crippen molar-refractivity contribution >= 4 is 17.1 Å². The van der Waals surface area contributed by atoms with Crippen molar-refractivity contribution in [3.8, 4) is 22.8 Å². The molecule has 5 heterocycles. The fourth-order valence-corrected chi connectivity index (χ4v) is 5.48. The largest absolute Gasteiger partial charge is 0.414 e. The zero-order chi connectivity index (χ0) is 29.2.